The zero-order chi connectivity index (χ0) is 20.8. The van der Waals surface area contributed by atoms with E-state index in [4.69, 9.17) is 16.3 Å². The molecule has 29 heavy (non-hydrogen) atoms. The summed E-state index contributed by atoms with van der Waals surface area (Å²) in [7, 11) is -3.42. The minimum Gasteiger partial charge on any atom is -0.421 e. The van der Waals surface area contributed by atoms with Gasteiger partial charge in [-0.2, -0.15) is 4.98 Å². The molecule has 2 aromatic carbocycles. The van der Waals surface area contributed by atoms with Crippen LogP contribution in [0.3, 0.4) is 0 Å². The molecular weight excluding hydrogens is 424 g/mol. The molecular formula is C19H12ClF2N3O3S. The summed E-state index contributed by atoms with van der Waals surface area (Å²) >= 11 is 6.25. The molecule has 0 atom stereocenters. The number of hydrogen-bond acceptors (Lipinski definition) is 6. The van der Waals surface area contributed by atoms with Crippen molar-refractivity contribution in [3.8, 4) is 11.8 Å². The fourth-order valence-electron chi connectivity index (χ4n) is 2.81. The maximum atomic E-state index is 13.8. The molecule has 148 valence electrons. The predicted octanol–water partition coefficient (Wildman–Crippen LogP) is 3.96. The standard InChI is InChI=1S/C19H12ClF2N3O3S/c1-29(26,27)11-3-4-14(20)12(7-11)18-13-8-24-19(25-16(13)9-23-18)28-17-5-2-10(21)6-15(17)22/h2-8H,9H2,1H3. The molecule has 0 radical (unpaired) electrons. The van der Waals surface area contributed by atoms with Crippen LogP contribution in [0.25, 0.3) is 0 Å². The van der Waals surface area contributed by atoms with Gasteiger partial charge in [0.15, 0.2) is 21.4 Å². The summed E-state index contributed by atoms with van der Waals surface area (Å²) in [6.45, 7) is 0.189. The van der Waals surface area contributed by atoms with Crippen LogP contribution in [0.5, 0.6) is 11.8 Å². The zero-order valence-corrected chi connectivity index (χ0v) is 16.4. The van der Waals surface area contributed by atoms with Crippen molar-refractivity contribution in [2.45, 2.75) is 11.4 Å². The summed E-state index contributed by atoms with van der Waals surface area (Å²) in [5.74, 6) is -1.82. The predicted molar refractivity (Wildman–Crippen MR) is 102 cm³/mol. The van der Waals surface area contributed by atoms with Crippen molar-refractivity contribution in [2.75, 3.05) is 6.26 Å². The first-order valence-corrected chi connectivity index (χ1v) is 10.5. The maximum absolute atomic E-state index is 13.8. The third-order valence-electron chi connectivity index (χ3n) is 4.20. The quantitative estimate of drug-likeness (QED) is 0.619. The highest BCUT2D eigenvalue weighted by Gasteiger charge is 2.24. The first-order chi connectivity index (χ1) is 13.7. The molecule has 2 heterocycles. The van der Waals surface area contributed by atoms with E-state index in [9.17, 15) is 17.2 Å². The summed E-state index contributed by atoms with van der Waals surface area (Å²) in [6, 6.07) is 7.13. The summed E-state index contributed by atoms with van der Waals surface area (Å²) in [4.78, 5) is 12.8. The van der Waals surface area contributed by atoms with E-state index in [-0.39, 0.29) is 23.2 Å². The van der Waals surface area contributed by atoms with Gasteiger partial charge in [-0.1, -0.05) is 11.6 Å². The minimum atomic E-state index is -3.42. The monoisotopic (exact) mass is 435 g/mol. The van der Waals surface area contributed by atoms with Crippen LogP contribution in [-0.2, 0) is 16.4 Å². The highest BCUT2D eigenvalue weighted by Crippen LogP contribution is 2.30. The number of ether oxygens (including phenoxy) is 1. The molecule has 1 aliphatic heterocycles. The number of fused-ring (bicyclic) bond motifs is 1. The Bertz CT molecular complexity index is 1280. The number of aromatic nitrogens is 2. The van der Waals surface area contributed by atoms with E-state index in [1.54, 1.807) is 0 Å². The highest BCUT2D eigenvalue weighted by atomic mass is 35.5. The van der Waals surface area contributed by atoms with Gasteiger partial charge in [0.1, 0.15) is 5.82 Å². The number of nitrogens with zero attached hydrogens (tertiary/aromatic N) is 3. The second-order valence-corrected chi connectivity index (χ2v) is 8.69. The van der Waals surface area contributed by atoms with Crippen LogP contribution in [0, 0.1) is 11.6 Å². The van der Waals surface area contributed by atoms with Crippen molar-refractivity contribution in [1.82, 2.24) is 9.97 Å². The van der Waals surface area contributed by atoms with E-state index in [2.05, 4.69) is 15.0 Å². The largest absolute Gasteiger partial charge is 0.421 e. The van der Waals surface area contributed by atoms with E-state index >= 15 is 0 Å². The van der Waals surface area contributed by atoms with Gasteiger partial charge < -0.3 is 4.74 Å². The molecule has 0 saturated heterocycles. The van der Waals surface area contributed by atoms with Gasteiger partial charge in [0.25, 0.3) is 0 Å². The Labute approximate surface area is 169 Å². The second kappa shape index (κ2) is 7.16. The summed E-state index contributed by atoms with van der Waals surface area (Å²) < 4.78 is 55.8. The van der Waals surface area contributed by atoms with E-state index in [0.29, 0.717) is 33.6 Å². The Morgan fingerprint density at radius 2 is 1.90 bits per heavy atom. The first-order valence-electron chi connectivity index (χ1n) is 8.26. The van der Waals surface area contributed by atoms with E-state index in [0.717, 1.165) is 18.4 Å². The third kappa shape index (κ3) is 3.83. The lowest BCUT2D eigenvalue weighted by molar-refractivity contribution is 0.406. The van der Waals surface area contributed by atoms with Gasteiger partial charge in [0.05, 0.1) is 27.9 Å². The number of halogens is 3. The van der Waals surface area contributed by atoms with Gasteiger partial charge in [0.2, 0.25) is 0 Å². The molecule has 0 saturated carbocycles. The van der Waals surface area contributed by atoms with Crippen molar-refractivity contribution < 1.29 is 21.9 Å². The average molecular weight is 436 g/mol. The Hall–Kier alpha value is -2.91. The normalized spacial score (nSPS) is 13.2. The number of sulfone groups is 1. The average Bonchev–Trinajstić information content (AvgIpc) is 3.06. The molecule has 0 bridgehead atoms. The summed E-state index contributed by atoms with van der Waals surface area (Å²) in [6.07, 6.45) is 2.54. The molecule has 10 heteroatoms. The molecule has 0 fully saturated rings. The Balaban J connectivity index is 1.67. The highest BCUT2D eigenvalue weighted by molar-refractivity contribution is 7.90. The van der Waals surface area contributed by atoms with Crippen LogP contribution in [0.2, 0.25) is 5.02 Å². The van der Waals surface area contributed by atoms with Crippen LogP contribution < -0.4 is 4.74 Å². The number of hydrogen-bond donors (Lipinski definition) is 0. The number of aliphatic imine (C=N–C) groups is 1. The SMILES string of the molecule is CS(=O)(=O)c1ccc(Cl)c(C2=NCc3nc(Oc4ccc(F)cc4F)ncc32)c1. The molecule has 0 unspecified atom stereocenters. The molecule has 3 aromatic rings. The maximum Gasteiger partial charge on any atom is 0.322 e. The summed E-state index contributed by atoms with van der Waals surface area (Å²) in [5, 5.41) is 0.331. The fraction of sp³-hybridized carbons (Fsp3) is 0.105. The van der Waals surface area contributed by atoms with Crippen molar-refractivity contribution in [2.24, 2.45) is 4.99 Å². The van der Waals surface area contributed by atoms with Crippen molar-refractivity contribution in [1.29, 1.82) is 0 Å². The van der Waals surface area contributed by atoms with E-state index in [1.165, 1.54) is 24.4 Å². The smallest absolute Gasteiger partial charge is 0.322 e. The molecule has 0 amide bonds. The van der Waals surface area contributed by atoms with Crippen molar-refractivity contribution in [3.05, 3.63) is 76.1 Å². The van der Waals surface area contributed by atoms with E-state index in [1.807, 2.05) is 0 Å². The van der Waals surface area contributed by atoms with Crippen molar-refractivity contribution >= 4 is 27.1 Å². The van der Waals surface area contributed by atoms with Gasteiger partial charge in [-0.25, -0.2) is 22.2 Å². The second-order valence-electron chi connectivity index (χ2n) is 6.27. The molecule has 6 nitrogen and oxygen atoms in total. The molecule has 0 N–H and O–H groups in total. The first kappa shape index (κ1) is 19.4. The van der Waals surface area contributed by atoms with Crippen LogP contribution in [-0.4, -0.2) is 30.4 Å². The topological polar surface area (TPSA) is 81.5 Å². The Morgan fingerprint density at radius 3 is 2.62 bits per heavy atom. The van der Waals surface area contributed by atoms with Gasteiger partial charge in [-0.05, 0) is 30.3 Å². The van der Waals surface area contributed by atoms with Gasteiger partial charge in [-0.3, -0.25) is 4.99 Å². The summed E-state index contributed by atoms with van der Waals surface area (Å²) in [5.41, 5.74) is 1.96. The van der Waals surface area contributed by atoms with Crippen LogP contribution in [0.4, 0.5) is 8.78 Å². The fourth-order valence-corrected chi connectivity index (χ4v) is 3.66. The minimum absolute atomic E-state index is 0.112. The van der Waals surface area contributed by atoms with E-state index < -0.39 is 21.5 Å². The van der Waals surface area contributed by atoms with Crippen LogP contribution >= 0.6 is 11.6 Å². The molecule has 4 rings (SSSR count). The zero-order valence-electron chi connectivity index (χ0n) is 14.9. The lowest BCUT2D eigenvalue weighted by atomic mass is 10.0. The number of benzene rings is 2. The van der Waals surface area contributed by atoms with Gasteiger partial charge >= 0.3 is 6.01 Å². The molecule has 1 aliphatic rings. The number of rotatable bonds is 4. The van der Waals surface area contributed by atoms with Gasteiger partial charge in [-0.15, -0.1) is 0 Å². The molecule has 0 spiro atoms. The molecule has 0 aliphatic carbocycles. The Morgan fingerprint density at radius 1 is 1.10 bits per heavy atom. The lowest BCUT2D eigenvalue weighted by Gasteiger charge is -2.09. The molecule has 1 aromatic heterocycles. The lowest BCUT2D eigenvalue weighted by Crippen LogP contribution is -2.07. The van der Waals surface area contributed by atoms with Crippen LogP contribution in [0.15, 0.2) is 52.5 Å². The third-order valence-corrected chi connectivity index (χ3v) is 5.64. The van der Waals surface area contributed by atoms with Gasteiger partial charge in [0, 0.05) is 29.6 Å². The van der Waals surface area contributed by atoms with Crippen molar-refractivity contribution in [3.63, 3.8) is 0 Å². The Kier molecular flexibility index (Phi) is 4.79. The van der Waals surface area contributed by atoms with Crippen LogP contribution in [0.1, 0.15) is 16.8 Å².